The Kier molecular flexibility index (Phi) is 3.65. The van der Waals surface area contributed by atoms with Crippen molar-refractivity contribution in [2.45, 2.75) is 19.8 Å². The van der Waals surface area contributed by atoms with Crippen LogP contribution in [0.25, 0.3) is 21.3 Å². The van der Waals surface area contributed by atoms with Crippen LogP contribution in [0.15, 0.2) is 35.7 Å². The van der Waals surface area contributed by atoms with E-state index in [1.54, 1.807) is 11.3 Å². The number of nitrogens with one attached hydrogen (secondary N) is 1. The molecule has 0 unspecified atom stereocenters. The maximum atomic E-state index is 4.69. The Hall–Kier alpha value is -1.94. The van der Waals surface area contributed by atoms with Gasteiger partial charge in [-0.15, -0.1) is 11.3 Å². The third-order valence-corrected chi connectivity index (χ3v) is 4.15. The molecular formula is C16H17N3S. The first kappa shape index (κ1) is 13.1. The maximum absolute atomic E-state index is 4.69. The van der Waals surface area contributed by atoms with Crippen LogP contribution in [0.3, 0.4) is 0 Å². The standard InChI is InChI=1S/C16H17N3S/c1-3-7-13-18-15(17-2)14-12(10-20-16(14)19-13)11-8-5-4-6-9-11/h4-6,8-10H,3,7H2,1-2H3,(H,17,18,19). The third-order valence-electron chi connectivity index (χ3n) is 3.28. The second-order valence-electron chi connectivity index (χ2n) is 4.68. The highest BCUT2D eigenvalue weighted by Crippen LogP contribution is 2.36. The molecule has 0 radical (unpaired) electrons. The van der Waals surface area contributed by atoms with E-state index in [1.165, 1.54) is 11.1 Å². The van der Waals surface area contributed by atoms with E-state index in [0.29, 0.717) is 0 Å². The zero-order valence-corrected chi connectivity index (χ0v) is 12.5. The minimum atomic E-state index is 0.920. The fraction of sp³-hybridized carbons (Fsp3) is 0.250. The molecule has 102 valence electrons. The van der Waals surface area contributed by atoms with Crippen LogP contribution in [0, 0.1) is 0 Å². The van der Waals surface area contributed by atoms with Gasteiger partial charge < -0.3 is 5.32 Å². The molecule has 0 saturated carbocycles. The minimum absolute atomic E-state index is 0.920. The Morgan fingerprint density at radius 3 is 2.65 bits per heavy atom. The van der Waals surface area contributed by atoms with Crippen LogP contribution in [0.4, 0.5) is 5.82 Å². The SMILES string of the molecule is CCCc1nc(NC)c2c(-c3ccccc3)csc2n1. The number of rotatable bonds is 4. The van der Waals surface area contributed by atoms with E-state index in [-0.39, 0.29) is 0 Å². The summed E-state index contributed by atoms with van der Waals surface area (Å²) in [5.41, 5.74) is 2.42. The fourth-order valence-electron chi connectivity index (χ4n) is 2.33. The van der Waals surface area contributed by atoms with Crippen LogP contribution in [-0.4, -0.2) is 17.0 Å². The van der Waals surface area contributed by atoms with Gasteiger partial charge in [0.2, 0.25) is 0 Å². The molecule has 0 spiro atoms. The van der Waals surface area contributed by atoms with Crippen molar-refractivity contribution in [3.8, 4) is 11.1 Å². The predicted octanol–water partition coefficient (Wildman–Crippen LogP) is 4.35. The molecule has 2 heterocycles. The number of nitrogens with zero attached hydrogens (tertiary/aromatic N) is 2. The number of thiophene rings is 1. The highest BCUT2D eigenvalue weighted by atomic mass is 32.1. The van der Waals surface area contributed by atoms with Gasteiger partial charge in [0.1, 0.15) is 16.5 Å². The number of anilines is 1. The molecule has 0 aliphatic rings. The number of hydrogen-bond donors (Lipinski definition) is 1. The van der Waals surface area contributed by atoms with Crippen LogP contribution in [0.5, 0.6) is 0 Å². The first-order valence-electron chi connectivity index (χ1n) is 6.84. The molecule has 0 fully saturated rings. The molecule has 4 heteroatoms. The number of aryl methyl sites for hydroxylation is 1. The van der Waals surface area contributed by atoms with Crippen molar-refractivity contribution < 1.29 is 0 Å². The molecule has 3 nitrogen and oxygen atoms in total. The van der Waals surface area contributed by atoms with Crippen LogP contribution in [-0.2, 0) is 6.42 Å². The Labute approximate surface area is 122 Å². The van der Waals surface area contributed by atoms with E-state index in [2.05, 4.69) is 51.9 Å². The highest BCUT2D eigenvalue weighted by Gasteiger charge is 2.14. The lowest BCUT2D eigenvalue weighted by Crippen LogP contribution is -2.00. The summed E-state index contributed by atoms with van der Waals surface area (Å²) in [5.74, 6) is 1.85. The Balaban J connectivity index is 2.21. The molecule has 3 aromatic rings. The number of aromatic nitrogens is 2. The van der Waals surface area contributed by atoms with Crippen molar-refractivity contribution >= 4 is 27.4 Å². The van der Waals surface area contributed by atoms with Gasteiger partial charge in [-0.1, -0.05) is 37.3 Å². The zero-order valence-electron chi connectivity index (χ0n) is 11.7. The topological polar surface area (TPSA) is 37.8 Å². The van der Waals surface area contributed by atoms with Gasteiger partial charge in [-0.25, -0.2) is 9.97 Å². The Bertz CT molecular complexity index is 719. The summed E-state index contributed by atoms with van der Waals surface area (Å²) >= 11 is 1.69. The normalized spacial score (nSPS) is 10.9. The van der Waals surface area contributed by atoms with Gasteiger partial charge in [0.05, 0.1) is 5.39 Å². The van der Waals surface area contributed by atoms with Gasteiger partial charge >= 0.3 is 0 Å². The molecule has 1 N–H and O–H groups in total. The average Bonchev–Trinajstić information content (AvgIpc) is 2.91. The van der Waals surface area contributed by atoms with E-state index < -0.39 is 0 Å². The second-order valence-corrected chi connectivity index (χ2v) is 5.54. The third kappa shape index (κ3) is 2.27. The van der Waals surface area contributed by atoms with Crippen molar-refractivity contribution in [2.75, 3.05) is 12.4 Å². The van der Waals surface area contributed by atoms with Crippen molar-refractivity contribution in [3.05, 3.63) is 41.5 Å². The van der Waals surface area contributed by atoms with E-state index in [0.717, 1.165) is 34.7 Å². The molecule has 0 saturated heterocycles. The highest BCUT2D eigenvalue weighted by molar-refractivity contribution is 7.17. The van der Waals surface area contributed by atoms with E-state index in [4.69, 9.17) is 0 Å². The molecule has 20 heavy (non-hydrogen) atoms. The summed E-state index contributed by atoms with van der Waals surface area (Å²) < 4.78 is 0. The predicted molar refractivity (Wildman–Crippen MR) is 86.4 cm³/mol. The maximum Gasteiger partial charge on any atom is 0.138 e. The summed E-state index contributed by atoms with van der Waals surface area (Å²) in [7, 11) is 1.92. The number of hydrogen-bond acceptors (Lipinski definition) is 4. The summed E-state index contributed by atoms with van der Waals surface area (Å²) in [6, 6.07) is 10.4. The van der Waals surface area contributed by atoms with Gasteiger partial charge in [-0.3, -0.25) is 0 Å². The van der Waals surface area contributed by atoms with E-state index in [1.807, 2.05) is 13.1 Å². The Morgan fingerprint density at radius 2 is 1.95 bits per heavy atom. The summed E-state index contributed by atoms with van der Waals surface area (Å²) in [4.78, 5) is 10.4. The average molecular weight is 283 g/mol. The molecule has 0 bridgehead atoms. The van der Waals surface area contributed by atoms with Crippen molar-refractivity contribution in [3.63, 3.8) is 0 Å². The monoisotopic (exact) mass is 283 g/mol. The van der Waals surface area contributed by atoms with Crippen LogP contribution in [0.1, 0.15) is 19.2 Å². The zero-order chi connectivity index (χ0) is 13.9. The first-order valence-corrected chi connectivity index (χ1v) is 7.72. The molecule has 3 rings (SSSR count). The summed E-state index contributed by atoms with van der Waals surface area (Å²) in [6.45, 7) is 2.15. The lowest BCUT2D eigenvalue weighted by Gasteiger charge is -2.07. The van der Waals surface area contributed by atoms with Gasteiger partial charge in [0, 0.05) is 24.4 Å². The lowest BCUT2D eigenvalue weighted by molar-refractivity contribution is 0.847. The van der Waals surface area contributed by atoms with Crippen molar-refractivity contribution in [1.29, 1.82) is 0 Å². The quantitative estimate of drug-likeness (QED) is 0.773. The fourth-order valence-corrected chi connectivity index (χ4v) is 3.30. The van der Waals surface area contributed by atoms with Crippen molar-refractivity contribution in [1.82, 2.24) is 9.97 Å². The van der Waals surface area contributed by atoms with Crippen LogP contribution >= 0.6 is 11.3 Å². The van der Waals surface area contributed by atoms with Gasteiger partial charge in [-0.2, -0.15) is 0 Å². The second kappa shape index (κ2) is 5.59. The van der Waals surface area contributed by atoms with Gasteiger partial charge in [0.15, 0.2) is 0 Å². The molecule has 0 atom stereocenters. The van der Waals surface area contributed by atoms with Gasteiger partial charge in [-0.05, 0) is 12.0 Å². The molecular weight excluding hydrogens is 266 g/mol. The first-order chi connectivity index (χ1) is 9.83. The van der Waals surface area contributed by atoms with Crippen LogP contribution in [0.2, 0.25) is 0 Å². The molecule has 0 amide bonds. The van der Waals surface area contributed by atoms with Gasteiger partial charge in [0.25, 0.3) is 0 Å². The molecule has 2 aromatic heterocycles. The van der Waals surface area contributed by atoms with E-state index >= 15 is 0 Å². The molecule has 1 aromatic carbocycles. The Morgan fingerprint density at radius 1 is 1.15 bits per heavy atom. The van der Waals surface area contributed by atoms with E-state index in [9.17, 15) is 0 Å². The molecule has 0 aliphatic heterocycles. The summed E-state index contributed by atoms with van der Waals surface area (Å²) in [6.07, 6.45) is 1.98. The van der Waals surface area contributed by atoms with Crippen LogP contribution < -0.4 is 5.32 Å². The largest absolute Gasteiger partial charge is 0.372 e. The number of benzene rings is 1. The van der Waals surface area contributed by atoms with Crippen molar-refractivity contribution in [2.24, 2.45) is 0 Å². The lowest BCUT2D eigenvalue weighted by atomic mass is 10.1. The molecule has 0 aliphatic carbocycles. The summed E-state index contributed by atoms with van der Waals surface area (Å²) in [5, 5.41) is 6.52. The number of fused-ring (bicyclic) bond motifs is 1. The smallest absolute Gasteiger partial charge is 0.138 e. The minimum Gasteiger partial charge on any atom is -0.372 e.